The second kappa shape index (κ2) is 5.14. The Morgan fingerprint density at radius 3 is 2.71 bits per heavy atom. The Morgan fingerprint density at radius 1 is 1.53 bits per heavy atom. The van der Waals surface area contributed by atoms with Crippen LogP contribution in [0.2, 0.25) is 5.15 Å². The van der Waals surface area contributed by atoms with E-state index in [1.807, 2.05) is 20.8 Å². The van der Waals surface area contributed by atoms with Gasteiger partial charge in [0.1, 0.15) is 5.15 Å². The van der Waals surface area contributed by atoms with Gasteiger partial charge in [-0.1, -0.05) is 11.6 Å². The summed E-state index contributed by atoms with van der Waals surface area (Å²) < 4.78 is 4.96. The van der Waals surface area contributed by atoms with Crippen LogP contribution >= 0.6 is 11.6 Å². The van der Waals surface area contributed by atoms with Crippen molar-refractivity contribution in [1.82, 2.24) is 10.3 Å². The minimum absolute atomic E-state index is 0.0751. The van der Waals surface area contributed by atoms with Crippen LogP contribution in [-0.4, -0.2) is 22.9 Å². The number of carbonyl (C=O) groups is 2. The molecule has 0 aliphatic rings. The number of halogens is 1. The van der Waals surface area contributed by atoms with E-state index in [9.17, 15) is 9.59 Å². The molecule has 1 heterocycles. The second-order valence-corrected chi connectivity index (χ2v) is 4.81. The van der Waals surface area contributed by atoms with E-state index in [4.69, 9.17) is 16.3 Å². The third-order valence-corrected chi connectivity index (χ3v) is 1.88. The maximum atomic E-state index is 11.5. The standard InChI is InChI=1S/C11H13ClN2O3/c1-11(2,3)14-10(16)17-8-5-13-9(12)4-7(8)6-15/h4-6H,1-3H3,(H,14,16). The molecule has 17 heavy (non-hydrogen) atoms. The van der Waals surface area contributed by atoms with E-state index in [2.05, 4.69) is 10.3 Å². The van der Waals surface area contributed by atoms with Crippen LogP contribution in [0.5, 0.6) is 5.75 Å². The number of pyridine rings is 1. The first-order chi connectivity index (χ1) is 7.81. The highest BCUT2D eigenvalue weighted by molar-refractivity contribution is 6.29. The van der Waals surface area contributed by atoms with Gasteiger partial charge in [-0.15, -0.1) is 0 Å². The van der Waals surface area contributed by atoms with Crippen molar-refractivity contribution in [3.63, 3.8) is 0 Å². The van der Waals surface area contributed by atoms with Gasteiger partial charge < -0.3 is 10.1 Å². The van der Waals surface area contributed by atoms with Crippen molar-refractivity contribution in [2.45, 2.75) is 26.3 Å². The molecular formula is C11H13ClN2O3. The lowest BCUT2D eigenvalue weighted by atomic mass is 10.1. The van der Waals surface area contributed by atoms with E-state index in [0.29, 0.717) is 6.29 Å². The summed E-state index contributed by atoms with van der Waals surface area (Å²) in [6, 6.07) is 1.33. The van der Waals surface area contributed by atoms with Crippen LogP contribution in [0.15, 0.2) is 12.3 Å². The first kappa shape index (κ1) is 13.4. The number of aromatic nitrogens is 1. The summed E-state index contributed by atoms with van der Waals surface area (Å²) in [6.45, 7) is 5.44. The Morgan fingerprint density at radius 2 is 2.18 bits per heavy atom. The van der Waals surface area contributed by atoms with Gasteiger partial charge in [0.05, 0.1) is 11.8 Å². The van der Waals surface area contributed by atoms with Gasteiger partial charge >= 0.3 is 6.09 Å². The number of hydrogen-bond donors (Lipinski definition) is 1. The molecule has 1 aromatic heterocycles. The summed E-state index contributed by atoms with van der Waals surface area (Å²) in [7, 11) is 0. The largest absolute Gasteiger partial charge is 0.413 e. The van der Waals surface area contributed by atoms with Crippen molar-refractivity contribution < 1.29 is 14.3 Å². The number of rotatable bonds is 2. The van der Waals surface area contributed by atoms with Gasteiger partial charge in [-0.25, -0.2) is 9.78 Å². The Balaban J connectivity index is 2.81. The molecule has 0 atom stereocenters. The zero-order valence-electron chi connectivity index (χ0n) is 9.78. The number of carbonyl (C=O) groups excluding carboxylic acids is 2. The molecule has 0 aliphatic carbocycles. The van der Waals surface area contributed by atoms with Crippen LogP contribution in [-0.2, 0) is 0 Å². The topological polar surface area (TPSA) is 68.3 Å². The lowest BCUT2D eigenvalue weighted by Gasteiger charge is -2.19. The lowest BCUT2D eigenvalue weighted by Crippen LogP contribution is -2.42. The summed E-state index contributed by atoms with van der Waals surface area (Å²) in [5, 5.41) is 2.76. The average molecular weight is 257 g/mol. The van der Waals surface area contributed by atoms with Crippen molar-refractivity contribution in [3.05, 3.63) is 23.0 Å². The fourth-order valence-electron chi connectivity index (χ4n) is 1.04. The average Bonchev–Trinajstić information content (AvgIpc) is 2.17. The molecule has 0 unspecified atom stereocenters. The van der Waals surface area contributed by atoms with Crippen LogP contribution in [0.3, 0.4) is 0 Å². The molecule has 0 saturated carbocycles. The van der Waals surface area contributed by atoms with E-state index in [1.165, 1.54) is 12.3 Å². The van der Waals surface area contributed by atoms with Crippen molar-refractivity contribution in [1.29, 1.82) is 0 Å². The minimum Gasteiger partial charge on any atom is -0.408 e. The monoisotopic (exact) mass is 256 g/mol. The molecule has 0 bridgehead atoms. The quantitative estimate of drug-likeness (QED) is 0.652. The summed E-state index contributed by atoms with van der Waals surface area (Å²) in [4.78, 5) is 26.0. The molecule has 92 valence electrons. The first-order valence-corrected chi connectivity index (χ1v) is 5.30. The van der Waals surface area contributed by atoms with Gasteiger partial charge in [0.15, 0.2) is 12.0 Å². The smallest absolute Gasteiger partial charge is 0.408 e. The molecule has 6 heteroatoms. The molecule has 1 aromatic rings. The van der Waals surface area contributed by atoms with Crippen LogP contribution in [0.1, 0.15) is 31.1 Å². The van der Waals surface area contributed by atoms with E-state index in [1.54, 1.807) is 0 Å². The fourth-order valence-corrected chi connectivity index (χ4v) is 1.21. The SMILES string of the molecule is CC(C)(C)NC(=O)Oc1cnc(Cl)cc1C=O. The summed E-state index contributed by atoms with van der Waals surface area (Å²) in [5.41, 5.74) is -0.243. The molecule has 0 fully saturated rings. The molecule has 0 spiro atoms. The predicted molar refractivity (Wildman–Crippen MR) is 63.5 cm³/mol. The number of nitrogens with zero attached hydrogens (tertiary/aromatic N) is 1. The summed E-state index contributed by atoms with van der Waals surface area (Å²) >= 11 is 5.61. The highest BCUT2D eigenvalue weighted by atomic mass is 35.5. The number of amides is 1. The number of ether oxygens (including phenoxy) is 1. The van der Waals surface area contributed by atoms with E-state index in [0.717, 1.165) is 0 Å². The van der Waals surface area contributed by atoms with Crippen molar-refractivity contribution >= 4 is 24.0 Å². The van der Waals surface area contributed by atoms with Gasteiger partial charge in [-0.3, -0.25) is 4.79 Å². The Kier molecular flexibility index (Phi) is 4.07. The van der Waals surface area contributed by atoms with Crippen molar-refractivity contribution in [2.24, 2.45) is 0 Å². The van der Waals surface area contributed by atoms with Crippen LogP contribution in [0.25, 0.3) is 0 Å². The highest BCUT2D eigenvalue weighted by Crippen LogP contribution is 2.18. The van der Waals surface area contributed by atoms with E-state index in [-0.39, 0.29) is 16.5 Å². The maximum Gasteiger partial charge on any atom is 0.413 e. The highest BCUT2D eigenvalue weighted by Gasteiger charge is 2.16. The van der Waals surface area contributed by atoms with Crippen LogP contribution in [0, 0.1) is 0 Å². The van der Waals surface area contributed by atoms with Gasteiger partial charge in [-0.05, 0) is 26.8 Å². The van der Waals surface area contributed by atoms with Crippen molar-refractivity contribution in [2.75, 3.05) is 0 Å². The number of hydrogen-bond acceptors (Lipinski definition) is 4. The second-order valence-electron chi connectivity index (χ2n) is 4.43. The Hall–Kier alpha value is -1.62. The molecule has 0 aliphatic heterocycles. The molecule has 1 N–H and O–H groups in total. The minimum atomic E-state index is -0.648. The summed E-state index contributed by atoms with van der Waals surface area (Å²) in [6.07, 6.45) is 1.13. The summed E-state index contributed by atoms with van der Waals surface area (Å²) in [5.74, 6) is 0.0751. The van der Waals surface area contributed by atoms with Gasteiger partial charge in [0, 0.05) is 5.54 Å². The molecule has 1 rings (SSSR count). The van der Waals surface area contributed by atoms with Gasteiger partial charge in [0.25, 0.3) is 0 Å². The van der Waals surface area contributed by atoms with Crippen molar-refractivity contribution in [3.8, 4) is 5.75 Å². The first-order valence-electron chi connectivity index (χ1n) is 4.92. The van der Waals surface area contributed by atoms with Gasteiger partial charge in [0.2, 0.25) is 0 Å². The zero-order valence-corrected chi connectivity index (χ0v) is 10.5. The third kappa shape index (κ3) is 4.40. The molecule has 1 amide bonds. The van der Waals surface area contributed by atoms with Gasteiger partial charge in [-0.2, -0.15) is 0 Å². The Bertz CT molecular complexity index is 441. The van der Waals surface area contributed by atoms with Crippen LogP contribution < -0.4 is 10.1 Å². The Labute approximate surface area is 104 Å². The fraction of sp³-hybridized carbons (Fsp3) is 0.364. The van der Waals surface area contributed by atoms with E-state index >= 15 is 0 Å². The number of nitrogens with one attached hydrogen (secondary N) is 1. The number of aldehydes is 1. The van der Waals surface area contributed by atoms with E-state index < -0.39 is 11.6 Å². The molecule has 0 aromatic carbocycles. The van der Waals surface area contributed by atoms with Crippen LogP contribution in [0.4, 0.5) is 4.79 Å². The normalized spacial score (nSPS) is 10.8. The predicted octanol–water partition coefficient (Wildman–Crippen LogP) is 2.43. The molecule has 5 nitrogen and oxygen atoms in total. The third-order valence-electron chi connectivity index (χ3n) is 1.67. The lowest BCUT2D eigenvalue weighted by molar-refractivity contribution is 0.112. The molecule has 0 radical (unpaired) electrons. The molecular weight excluding hydrogens is 244 g/mol. The zero-order chi connectivity index (χ0) is 13.1. The maximum absolute atomic E-state index is 11.5. The molecule has 0 saturated heterocycles.